The van der Waals surface area contributed by atoms with Crippen LogP contribution in [0.1, 0.15) is 22.8 Å². The molecule has 0 aliphatic carbocycles. The summed E-state index contributed by atoms with van der Waals surface area (Å²) in [5, 5.41) is 9.00. The predicted molar refractivity (Wildman–Crippen MR) is 81.0 cm³/mol. The lowest BCUT2D eigenvalue weighted by Crippen LogP contribution is -2.33. The van der Waals surface area contributed by atoms with E-state index in [-0.39, 0.29) is 5.56 Å². The highest BCUT2D eigenvalue weighted by Crippen LogP contribution is 2.31. The predicted octanol–water partition coefficient (Wildman–Crippen LogP) is 3.17. The molecule has 21 heavy (non-hydrogen) atoms. The number of hydrogen-bond acceptors (Lipinski definition) is 3. The number of hydrogen-bond donors (Lipinski definition) is 1. The van der Waals surface area contributed by atoms with E-state index in [4.69, 9.17) is 9.84 Å². The van der Waals surface area contributed by atoms with Crippen LogP contribution < -0.4 is 9.64 Å². The van der Waals surface area contributed by atoms with Gasteiger partial charge in [-0.2, -0.15) is 0 Å². The molecule has 0 bridgehead atoms. The molecule has 0 spiro atoms. The zero-order chi connectivity index (χ0) is 14.8. The fourth-order valence-corrected chi connectivity index (χ4v) is 2.69. The highest BCUT2D eigenvalue weighted by atomic mass is 16.5. The number of benzene rings is 2. The summed E-state index contributed by atoms with van der Waals surface area (Å²) in [7, 11) is 0. The molecule has 0 saturated heterocycles. The molecule has 1 atom stereocenters. The molecule has 0 aromatic heterocycles. The molecule has 1 aliphatic heterocycles. The minimum atomic E-state index is -0.944. The lowest BCUT2D eigenvalue weighted by atomic mass is 10.1. The summed E-state index contributed by atoms with van der Waals surface area (Å²) in [5.74, 6) is -0.369. The molecule has 3 rings (SSSR count). The van der Waals surface area contributed by atoms with E-state index in [0.29, 0.717) is 18.5 Å². The van der Waals surface area contributed by atoms with Crippen molar-refractivity contribution < 1.29 is 14.6 Å². The van der Waals surface area contributed by atoms with Gasteiger partial charge in [-0.1, -0.05) is 24.3 Å². The summed E-state index contributed by atoms with van der Waals surface area (Å²) in [6, 6.07) is 15.3. The van der Waals surface area contributed by atoms with Gasteiger partial charge in [0.1, 0.15) is 5.75 Å². The summed E-state index contributed by atoms with van der Waals surface area (Å²) < 4.78 is 5.77. The summed E-state index contributed by atoms with van der Waals surface area (Å²) in [4.78, 5) is 13.2. The van der Waals surface area contributed by atoms with Gasteiger partial charge >= 0.3 is 5.97 Å². The number of carboxylic acids is 1. The molecule has 0 radical (unpaired) electrons. The second kappa shape index (κ2) is 5.48. The maximum atomic E-state index is 11.0. The minimum absolute atomic E-state index is 0.238. The van der Waals surface area contributed by atoms with Crippen molar-refractivity contribution in [1.82, 2.24) is 0 Å². The largest absolute Gasteiger partial charge is 0.478 e. The Bertz CT molecular complexity index is 669. The summed E-state index contributed by atoms with van der Waals surface area (Å²) >= 11 is 0. The number of carbonyl (C=O) groups is 1. The molecule has 2 aromatic rings. The Hall–Kier alpha value is -2.49. The summed E-state index contributed by atoms with van der Waals surface area (Å²) in [6.45, 7) is 2.58. The second-order valence-corrected chi connectivity index (χ2v) is 5.26. The van der Waals surface area contributed by atoms with Crippen molar-refractivity contribution in [2.45, 2.75) is 19.4 Å². The fourth-order valence-electron chi connectivity index (χ4n) is 2.69. The third-order valence-electron chi connectivity index (χ3n) is 3.80. The maximum Gasteiger partial charge on any atom is 0.335 e. The van der Waals surface area contributed by atoms with Crippen molar-refractivity contribution in [3.8, 4) is 5.75 Å². The standard InChI is InChI=1S/C17H17NO3/c1-12-9-13-5-2-3-8-16(13)18(12)11-21-15-7-4-6-14(10-15)17(19)20/h2-8,10,12H,9,11H2,1H3,(H,19,20). The van der Waals surface area contributed by atoms with Gasteiger partial charge in [0.25, 0.3) is 0 Å². The number of nitrogens with zero attached hydrogens (tertiary/aromatic N) is 1. The van der Waals surface area contributed by atoms with E-state index < -0.39 is 5.97 Å². The van der Waals surface area contributed by atoms with Crippen molar-refractivity contribution in [2.24, 2.45) is 0 Å². The molecular weight excluding hydrogens is 266 g/mol. The van der Waals surface area contributed by atoms with Crippen LogP contribution in [-0.4, -0.2) is 23.8 Å². The Morgan fingerprint density at radius 2 is 2.10 bits per heavy atom. The molecule has 0 amide bonds. The van der Waals surface area contributed by atoms with Gasteiger partial charge < -0.3 is 14.7 Å². The van der Waals surface area contributed by atoms with Gasteiger partial charge in [0.15, 0.2) is 6.73 Å². The van der Waals surface area contributed by atoms with Gasteiger partial charge in [0.2, 0.25) is 0 Å². The average molecular weight is 283 g/mol. The van der Waals surface area contributed by atoms with Crippen LogP contribution in [0.25, 0.3) is 0 Å². The fraction of sp³-hybridized carbons (Fsp3) is 0.235. The van der Waals surface area contributed by atoms with Gasteiger partial charge in [-0.25, -0.2) is 4.79 Å². The molecule has 1 heterocycles. The van der Waals surface area contributed by atoms with E-state index in [1.807, 2.05) is 12.1 Å². The highest BCUT2D eigenvalue weighted by molar-refractivity contribution is 5.88. The average Bonchev–Trinajstić information content (AvgIpc) is 2.81. The van der Waals surface area contributed by atoms with Crippen molar-refractivity contribution in [2.75, 3.05) is 11.6 Å². The van der Waals surface area contributed by atoms with E-state index >= 15 is 0 Å². The second-order valence-electron chi connectivity index (χ2n) is 5.26. The Morgan fingerprint density at radius 1 is 1.29 bits per heavy atom. The third-order valence-corrected chi connectivity index (χ3v) is 3.80. The molecule has 1 aliphatic rings. The van der Waals surface area contributed by atoms with Crippen molar-refractivity contribution in [3.05, 3.63) is 59.7 Å². The zero-order valence-electron chi connectivity index (χ0n) is 11.8. The van der Waals surface area contributed by atoms with Gasteiger partial charge in [-0.3, -0.25) is 0 Å². The summed E-state index contributed by atoms with van der Waals surface area (Å²) in [6.07, 6.45) is 1.01. The molecule has 4 heteroatoms. The van der Waals surface area contributed by atoms with Crippen LogP contribution in [0.2, 0.25) is 0 Å². The van der Waals surface area contributed by atoms with E-state index in [2.05, 4.69) is 24.0 Å². The third kappa shape index (κ3) is 2.70. The van der Waals surface area contributed by atoms with Gasteiger partial charge in [-0.05, 0) is 43.2 Å². The van der Waals surface area contributed by atoms with Gasteiger partial charge in [0, 0.05) is 11.7 Å². The first kappa shape index (κ1) is 13.5. The molecular formula is C17H17NO3. The van der Waals surface area contributed by atoms with Gasteiger partial charge in [0.05, 0.1) is 5.56 Å². The monoisotopic (exact) mass is 283 g/mol. The highest BCUT2D eigenvalue weighted by Gasteiger charge is 2.25. The first-order valence-electron chi connectivity index (χ1n) is 6.96. The van der Waals surface area contributed by atoms with Crippen LogP contribution in [0.15, 0.2) is 48.5 Å². The minimum Gasteiger partial charge on any atom is -0.478 e. The summed E-state index contributed by atoms with van der Waals surface area (Å²) in [5.41, 5.74) is 2.76. The van der Waals surface area contributed by atoms with E-state index in [1.54, 1.807) is 24.3 Å². The lowest BCUT2D eigenvalue weighted by Gasteiger charge is -2.24. The smallest absolute Gasteiger partial charge is 0.335 e. The first-order chi connectivity index (χ1) is 10.1. The van der Waals surface area contributed by atoms with E-state index in [9.17, 15) is 4.79 Å². The van der Waals surface area contributed by atoms with Crippen LogP contribution in [0, 0.1) is 0 Å². The Morgan fingerprint density at radius 3 is 2.90 bits per heavy atom. The van der Waals surface area contributed by atoms with Crippen molar-refractivity contribution in [3.63, 3.8) is 0 Å². The zero-order valence-corrected chi connectivity index (χ0v) is 11.8. The molecule has 2 aromatic carbocycles. The van der Waals surface area contributed by atoms with Crippen molar-refractivity contribution in [1.29, 1.82) is 0 Å². The quantitative estimate of drug-likeness (QED) is 0.936. The van der Waals surface area contributed by atoms with Crippen LogP contribution >= 0.6 is 0 Å². The van der Waals surface area contributed by atoms with Crippen LogP contribution in [0.5, 0.6) is 5.75 Å². The number of anilines is 1. The normalized spacial score (nSPS) is 16.6. The lowest BCUT2D eigenvalue weighted by molar-refractivity contribution is 0.0696. The maximum absolute atomic E-state index is 11.0. The first-order valence-corrected chi connectivity index (χ1v) is 6.96. The number of aromatic carboxylic acids is 1. The number of ether oxygens (including phenoxy) is 1. The van der Waals surface area contributed by atoms with Crippen LogP contribution in [0.3, 0.4) is 0 Å². The molecule has 1 unspecified atom stereocenters. The van der Waals surface area contributed by atoms with Crippen LogP contribution in [0.4, 0.5) is 5.69 Å². The van der Waals surface area contributed by atoms with Crippen molar-refractivity contribution >= 4 is 11.7 Å². The Labute approximate surface area is 123 Å². The number of carboxylic acid groups (broad SMARTS) is 1. The molecule has 0 fully saturated rings. The van der Waals surface area contributed by atoms with Crippen LogP contribution in [-0.2, 0) is 6.42 Å². The number of para-hydroxylation sites is 1. The van der Waals surface area contributed by atoms with E-state index in [1.165, 1.54) is 11.3 Å². The Kier molecular flexibility index (Phi) is 3.52. The van der Waals surface area contributed by atoms with Gasteiger partial charge in [-0.15, -0.1) is 0 Å². The van der Waals surface area contributed by atoms with E-state index in [0.717, 1.165) is 6.42 Å². The molecule has 4 nitrogen and oxygen atoms in total. The SMILES string of the molecule is CC1Cc2ccccc2N1COc1cccc(C(=O)O)c1. The molecule has 0 saturated carbocycles. The number of rotatable bonds is 4. The molecule has 108 valence electrons. The number of fused-ring (bicyclic) bond motifs is 1. The topological polar surface area (TPSA) is 49.8 Å². The Balaban J connectivity index is 1.73. The molecule has 1 N–H and O–H groups in total.